The van der Waals surface area contributed by atoms with Gasteiger partial charge in [-0.05, 0) is 31.5 Å². The van der Waals surface area contributed by atoms with Crippen molar-refractivity contribution in [1.29, 1.82) is 0 Å². The number of hydrogen-bond acceptors (Lipinski definition) is 2. The fraction of sp³-hybridized carbons (Fsp3) is 0.400. The lowest BCUT2D eigenvalue weighted by Gasteiger charge is -2.27. The Morgan fingerprint density at radius 1 is 1.28 bits per heavy atom. The van der Waals surface area contributed by atoms with Crippen LogP contribution in [0.4, 0.5) is 0 Å². The molecule has 2 N–H and O–H groups in total. The third kappa shape index (κ3) is 1.95. The second kappa shape index (κ2) is 4.25. The maximum atomic E-state index is 11.7. The summed E-state index contributed by atoms with van der Waals surface area (Å²) in [6.07, 6.45) is 3.29. The zero-order chi connectivity index (χ0) is 12.7. The van der Waals surface area contributed by atoms with E-state index in [1.165, 1.54) is 16.5 Å². The highest BCUT2D eigenvalue weighted by Gasteiger charge is 2.26. The van der Waals surface area contributed by atoms with Crippen LogP contribution in [0.2, 0.25) is 0 Å². The number of aryl methyl sites for hydroxylation is 1. The first-order valence-electron chi connectivity index (χ1n) is 6.49. The number of rotatable bonds is 1. The number of aromatic nitrogens is 1. The van der Waals surface area contributed by atoms with Gasteiger partial charge in [0, 0.05) is 42.0 Å². The number of Topliss-reactive ketones (excluding diaryl/α,β-unsaturated/α-hetero) is 1. The molecule has 0 aliphatic carbocycles. The topological polar surface area (TPSA) is 44.9 Å². The molecule has 2 unspecified atom stereocenters. The Morgan fingerprint density at radius 2 is 2.11 bits per heavy atom. The third-order valence-electron chi connectivity index (χ3n) is 3.70. The average molecular weight is 242 g/mol. The Morgan fingerprint density at radius 3 is 2.89 bits per heavy atom. The summed E-state index contributed by atoms with van der Waals surface area (Å²) in [5.74, 6) is 0.355. The zero-order valence-corrected chi connectivity index (χ0v) is 10.8. The highest BCUT2D eigenvalue weighted by molar-refractivity contribution is 5.86. The van der Waals surface area contributed by atoms with E-state index in [1.807, 2.05) is 6.20 Å². The molecule has 0 amide bonds. The van der Waals surface area contributed by atoms with Crippen molar-refractivity contribution < 1.29 is 4.79 Å². The molecule has 1 aliphatic heterocycles. The van der Waals surface area contributed by atoms with Crippen LogP contribution >= 0.6 is 0 Å². The summed E-state index contributed by atoms with van der Waals surface area (Å²) >= 11 is 0. The number of benzene rings is 1. The first-order valence-corrected chi connectivity index (χ1v) is 6.49. The van der Waals surface area contributed by atoms with Crippen LogP contribution in [0.3, 0.4) is 0 Å². The zero-order valence-electron chi connectivity index (χ0n) is 10.8. The van der Waals surface area contributed by atoms with Crippen molar-refractivity contribution in [1.82, 2.24) is 10.3 Å². The molecule has 0 radical (unpaired) electrons. The predicted molar refractivity (Wildman–Crippen MR) is 72.6 cm³/mol. The maximum Gasteiger partial charge on any atom is 0.136 e. The molecule has 3 nitrogen and oxygen atoms in total. The second-order valence-electron chi connectivity index (χ2n) is 5.36. The summed E-state index contributed by atoms with van der Waals surface area (Å²) in [7, 11) is 0. The van der Waals surface area contributed by atoms with Crippen molar-refractivity contribution in [3.05, 3.63) is 35.5 Å². The Balaban J connectivity index is 2.03. The van der Waals surface area contributed by atoms with E-state index in [0.29, 0.717) is 18.6 Å². The van der Waals surface area contributed by atoms with E-state index < -0.39 is 0 Å². The quantitative estimate of drug-likeness (QED) is 0.807. The fourth-order valence-corrected chi connectivity index (χ4v) is 2.86. The van der Waals surface area contributed by atoms with Crippen LogP contribution in [0.15, 0.2) is 24.4 Å². The largest absolute Gasteiger partial charge is 0.361 e. The van der Waals surface area contributed by atoms with Crippen molar-refractivity contribution >= 4 is 16.7 Å². The summed E-state index contributed by atoms with van der Waals surface area (Å²) in [6, 6.07) is 6.81. The van der Waals surface area contributed by atoms with Gasteiger partial charge >= 0.3 is 0 Å². The number of aromatic amines is 1. The summed E-state index contributed by atoms with van der Waals surface area (Å²) in [6.45, 7) is 4.17. The number of hydrogen-bond donors (Lipinski definition) is 2. The van der Waals surface area contributed by atoms with E-state index in [4.69, 9.17) is 0 Å². The van der Waals surface area contributed by atoms with E-state index in [9.17, 15) is 4.79 Å². The minimum absolute atomic E-state index is 0.150. The average Bonchev–Trinajstić information content (AvgIpc) is 2.70. The number of H-pyrrole nitrogens is 1. The molecule has 0 saturated carbocycles. The smallest absolute Gasteiger partial charge is 0.136 e. The minimum atomic E-state index is 0.150. The highest BCUT2D eigenvalue weighted by atomic mass is 16.1. The van der Waals surface area contributed by atoms with E-state index in [2.05, 4.69) is 42.3 Å². The summed E-state index contributed by atoms with van der Waals surface area (Å²) in [5, 5.41) is 4.75. The van der Waals surface area contributed by atoms with Gasteiger partial charge in [-0.15, -0.1) is 0 Å². The number of nitrogens with one attached hydrogen (secondary N) is 2. The van der Waals surface area contributed by atoms with Crippen molar-refractivity contribution in [2.75, 3.05) is 0 Å². The standard InChI is InChI=1S/C15H18N2O/c1-9-3-4-14-12(5-9)13(8-16-14)15-7-11(18)6-10(2)17-15/h3-5,8,10,15-17H,6-7H2,1-2H3. The highest BCUT2D eigenvalue weighted by Crippen LogP contribution is 2.30. The lowest BCUT2D eigenvalue weighted by molar-refractivity contribution is -0.121. The normalized spacial score (nSPS) is 24.7. The molecule has 1 saturated heterocycles. The van der Waals surface area contributed by atoms with Crippen LogP contribution in [-0.2, 0) is 4.79 Å². The van der Waals surface area contributed by atoms with E-state index >= 15 is 0 Å². The minimum Gasteiger partial charge on any atom is -0.361 e. The SMILES string of the molecule is Cc1ccc2[nH]cc(C3CC(=O)CC(C)N3)c2c1. The van der Waals surface area contributed by atoms with E-state index in [1.54, 1.807) is 0 Å². The van der Waals surface area contributed by atoms with Gasteiger partial charge in [0.15, 0.2) is 0 Å². The number of carbonyl (C=O) groups excluding carboxylic acids is 1. The molecular weight excluding hydrogens is 224 g/mol. The van der Waals surface area contributed by atoms with Crippen LogP contribution in [0.1, 0.15) is 36.9 Å². The van der Waals surface area contributed by atoms with Gasteiger partial charge in [0.05, 0.1) is 0 Å². The molecule has 1 aromatic carbocycles. The molecule has 2 aromatic rings. The van der Waals surface area contributed by atoms with Gasteiger partial charge in [-0.2, -0.15) is 0 Å². The number of carbonyl (C=O) groups is 1. The molecule has 0 spiro atoms. The van der Waals surface area contributed by atoms with Crippen molar-refractivity contribution in [3.63, 3.8) is 0 Å². The molecule has 1 fully saturated rings. The first kappa shape index (κ1) is 11.5. The molecule has 1 aliphatic rings. The van der Waals surface area contributed by atoms with Gasteiger partial charge in [-0.1, -0.05) is 11.6 Å². The number of piperidine rings is 1. The molecule has 18 heavy (non-hydrogen) atoms. The summed E-state index contributed by atoms with van der Waals surface area (Å²) < 4.78 is 0. The molecule has 0 bridgehead atoms. The van der Waals surface area contributed by atoms with Gasteiger partial charge in [-0.25, -0.2) is 0 Å². The molecule has 94 valence electrons. The predicted octanol–water partition coefficient (Wildman–Crippen LogP) is 2.86. The summed E-state index contributed by atoms with van der Waals surface area (Å²) in [5.41, 5.74) is 3.61. The summed E-state index contributed by atoms with van der Waals surface area (Å²) in [4.78, 5) is 15.0. The first-order chi connectivity index (χ1) is 8.63. The van der Waals surface area contributed by atoms with Crippen LogP contribution in [0, 0.1) is 6.92 Å². The molecule has 2 heterocycles. The van der Waals surface area contributed by atoms with Gasteiger partial charge < -0.3 is 10.3 Å². The van der Waals surface area contributed by atoms with E-state index in [-0.39, 0.29) is 12.1 Å². The number of ketones is 1. The molecular formula is C15H18N2O. The van der Waals surface area contributed by atoms with Gasteiger partial charge in [0.2, 0.25) is 0 Å². The van der Waals surface area contributed by atoms with Gasteiger partial charge in [-0.3, -0.25) is 4.79 Å². The molecule has 3 rings (SSSR count). The third-order valence-corrected chi connectivity index (χ3v) is 3.70. The molecule has 3 heteroatoms. The molecule has 1 aromatic heterocycles. The van der Waals surface area contributed by atoms with Gasteiger partial charge in [0.1, 0.15) is 5.78 Å². The van der Waals surface area contributed by atoms with Crippen molar-refractivity contribution in [3.8, 4) is 0 Å². The van der Waals surface area contributed by atoms with Crippen LogP contribution in [0.5, 0.6) is 0 Å². The Hall–Kier alpha value is -1.61. The van der Waals surface area contributed by atoms with Crippen molar-refractivity contribution in [2.45, 2.75) is 38.8 Å². The number of fused-ring (bicyclic) bond motifs is 1. The lowest BCUT2D eigenvalue weighted by Crippen LogP contribution is -2.38. The fourth-order valence-electron chi connectivity index (χ4n) is 2.86. The van der Waals surface area contributed by atoms with Crippen molar-refractivity contribution in [2.24, 2.45) is 0 Å². The van der Waals surface area contributed by atoms with Gasteiger partial charge in [0.25, 0.3) is 0 Å². The van der Waals surface area contributed by atoms with E-state index in [0.717, 1.165) is 5.52 Å². The molecule has 2 atom stereocenters. The Labute approximate surface area is 107 Å². The monoisotopic (exact) mass is 242 g/mol. The Kier molecular flexibility index (Phi) is 2.71. The van der Waals surface area contributed by atoms with Crippen LogP contribution in [-0.4, -0.2) is 16.8 Å². The van der Waals surface area contributed by atoms with Crippen LogP contribution in [0.25, 0.3) is 10.9 Å². The van der Waals surface area contributed by atoms with Crippen LogP contribution < -0.4 is 5.32 Å². The lowest BCUT2D eigenvalue weighted by atomic mass is 9.92. The second-order valence-corrected chi connectivity index (χ2v) is 5.36. The maximum absolute atomic E-state index is 11.7. The Bertz CT molecular complexity index is 600.